The van der Waals surface area contributed by atoms with Gasteiger partial charge in [0.05, 0.1) is 21.5 Å². The maximum Gasteiger partial charge on any atom is 0.335 e. The van der Waals surface area contributed by atoms with Crippen LogP contribution in [-0.2, 0) is 9.59 Å². The van der Waals surface area contributed by atoms with E-state index in [0.29, 0.717) is 28.1 Å². The van der Waals surface area contributed by atoms with E-state index in [0.717, 1.165) is 0 Å². The molecule has 11 heteroatoms. The van der Waals surface area contributed by atoms with E-state index < -0.39 is 28.9 Å². The molecule has 4 rings (SSSR count). The molecule has 4 aromatic rings. The summed E-state index contributed by atoms with van der Waals surface area (Å²) in [6, 6.07) is 24.7. The third-order valence-electron chi connectivity index (χ3n) is 6.21. The number of halogens is 2. The third kappa shape index (κ3) is 8.79. The van der Waals surface area contributed by atoms with Gasteiger partial charge < -0.3 is 21.1 Å². The number of amides is 3. The highest BCUT2D eigenvalue weighted by Gasteiger charge is 2.21. The minimum atomic E-state index is -1.15. The van der Waals surface area contributed by atoms with Crippen LogP contribution < -0.4 is 16.0 Å². The van der Waals surface area contributed by atoms with Gasteiger partial charge in [-0.25, -0.2) is 9.18 Å². The number of hydrogen-bond donors (Lipinski definition) is 4. The van der Waals surface area contributed by atoms with E-state index in [2.05, 4.69) is 16.0 Å². The van der Waals surface area contributed by atoms with Gasteiger partial charge in [-0.2, -0.15) is 0 Å². The van der Waals surface area contributed by atoms with Gasteiger partial charge in [0, 0.05) is 16.1 Å². The summed E-state index contributed by atoms with van der Waals surface area (Å²) in [7, 11) is 0. The van der Waals surface area contributed by atoms with Crippen molar-refractivity contribution in [3.63, 3.8) is 0 Å². The first-order valence-electron chi connectivity index (χ1n) is 13.4. The predicted molar refractivity (Wildman–Crippen MR) is 170 cm³/mol. The number of anilines is 2. The molecule has 1 unspecified atom stereocenters. The van der Waals surface area contributed by atoms with Crippen LogP contribution in [0.15, 0.2) is 108 Å². The predicted octanol–water partition coefficient (Wildman–Crippen LogP) is 7.10. The summed E-state index contributed by atoms with van der Waals surface area (Å²) in [6.45, 7) is 1.83. The Morgan fingerprint density at radius 2 is 1.61 bits per heavy atom. The van der Waals surface area contributed by atoms with Crippen molar-refractivity contribution < 1.29 is 28.7 Å². The first kappa shape index (κ1) is 32.0. The monoisotopic (exact) mass is 631 g/mol. The van der Waals surface area contributed by atoms with E-state index in [9.17, 15) is 28.7 Å². The average molecular weight is 632 g/mol. The molecule has 0 spiro atoms. The minimum absolute atomic E-state index is 0.0124. The molecule has 0 saturated heterocycles. The summed E-state index contributed by atoms with van der Waals surface area (Å²) >= 11 is 7.42. The number of thioether (sulfide) groups is 1. The number of hydrogen-bond acceptors (Lipinski definition) is 5. The molecule has 0 aliphatic rings. The molecule has 8 nitrogen and oxygen atoms in total. The van der Waals surface area contributed by atoms with E-state index in [1.807, 2.05) is 6.92 Å². The fraction of sp³-hybridized carbons (Fsp3) is 0.0909. The highest BCUT2D eigenvalue weighted by molar-refractivity contribution is 8.00. The first-order chi connectivity index (χ1) is 21.1. The summed E-state index contributed by atoms with van der Waals surface area (Å²) in [5.41, 5.74) is 1.38. The van der Waals surface area contributed by atoms with Crippen LogP contribution in [0.2, 0.25) is 5.02 Å². The lowest BCUT2D eigenvalue weighted by Gasteiger charge is -2.17. The first-order valence-corrected chi connectivity index (χ1v) is 14.6. The maximum absolute atomic E-state index is 13.5. The van der Waals surface area contributed by atoms with Crippen molar-refractivity contribution in [1.29, 1.82) is 0 Å². The molecule has 224 valence electrons. The number of nitrogens with one attached hydrogen (secondary N) is 3. The van der Waals surface area contributed by atoms with Crippen molar-refractivity contribution in [3.05, 3.63) is 130 Å². The van der Waals surface area contributed by atoms with Crippen LogP contribution >= 0.6 is 23.4 Å². The van der Waals surface area contributed by atoms with E-state index in [4.69, 9.17) is 11.6 Å². The SMILES string of the molecule is CCC(Sc1cccc(NC(=O)/C(=C/c2ccc(F)cc2)NC(=O)c2ccccc2)c1)C(=O)Nc1cc(C(=O)O)ccc1Cl. The molecule has 0 heterocycles. The zero-order valence-electron chi connectivity index (χ0n) is 23.3. The van der Waals surface area contributed by atoms with E-state index in [-0.39, 0.29) is 27.9 Å². The lowest BCUT2D eigenvalue weighted by atomic mass is 10.1. The number of benzene rings is 4. The Bertz CT molecular complexity index is 1710. The van der Waals surface area contributed by atoms with Crippen LogP contribution in [0.5, 0.6) is 0 Å². The molecular weight excluding hydrogens is 605 g/mol. The Labute approximate surface area is 262 Å². The van der Waals surface area contributed by atoms with Crippen molar-refractivity contribution in [1.82, 2.24) is 5.32 Å². The quantitative estimate of drug-likeness (QED) is 0.103. The molecule has 0 bridgehead atoms. The molecule has 4 aromatic carbocycles. The standard InChI is InChI=1S/C33H27ClFN3O5S/c1-2-29(32(41)37-27-18-22(33(42)43)13-16-26(27)34)44-25-10-6-9-24(19-25)36-31(40)28(17-20-11-14-23(35)15-12-20)38-30(39)21-7-4-3-5-8-21/h3-19,29H,2H2,1H3,(H,36,40)(H,37,41)(H,38,39)(H,42,43)/b28-17-. The summed E-state index contributed by atoms with van der Waals surface area (Å²) in [5.74, 6) is -3.06. The molecule has 1 atom stereocenters. The average Bonchev–Trinajstić information content (AvgIpc) is 3.02. The Balaban J connectivity index is 1.50. The Morgan fingerprint density at radius 3 is 2.30 bits per heavy atom. The lowest BCUT2D eigenvalue weighted by Crippen LogP contribution is -2.30. The van der Waals surface area contributed by atoms with Crippen molar-refractivity contribution in [2.45, 2.75) is 23.5 Å². The molecule has 3 amide bonds. The third-order valence-corrected chi connectivity index (χ3v) is 7.90. The van der Waals surface area contributed by atoms with Gasteiger partial charge in [-0.15, -0.1) is 11.8 Å². The van der Waals surface area contributed by atoms with Gasteiger partial charge in [0.25, 0.3) is 11.8 Å². The Kier molecular flexibility index (Phi) is 10.9. The van der Waals surface area contributed by atoms with Gasteiger partial charge in [-0.3, -0.25) is 14.4 Å². The second-order valence-corrected chi connectivity index (χ2v) is 11.1. The second kappa shape index (κ2) is 15.0. The Morgan fingerprint density at radius 1 is 0.886 bits per heavy atom. The van der Waals surface area contributed by atoms with Crippen molar-refractivity contribution in [2.75, 3.05) is 10.6 Å². The smallest absolute Gasteiger partial charge is 0.335 e. The van der Waals surface area contributed by atoms with Gasteiger partial charge in [0.2, 0.25) is 5.91 Å². The molecule has 0 aliphatic carbocycles. The van der Waals surface area contributed by atoms with Crippen LogP contribution in [0.1, 0.15) is 39.6 Å². The van der Waals surface area contributed by atoms with Gasteiger partial charge in [-0.1, -0.05) is 54.9 Å². The largest absolute Gasteiger partial charge is 0.478 e. The van der Waals surface area contributed by atoms with Gasteiger partial charge in [0.15, 0.2) is 0 Å². The normalized spacial score (nSPS) is 11.8. The fourth-order valence-electron chi connectivity index (χ4n) is 3.97. The van der Waals surface area contributed by atoms with E-state index in [1.165, 1.54) is 60.3 Å². The molecular formula is C33H27ClFN3O5S. The van der Waals surface area contributed by atoms with Crippen molar-refractivity contribution in [3.8, 4) is 0 Å². The summed E-state index contributed by atoms with van der Waals surface area (Å²) in [5, 5.41) is 17.0. The van der Waals surface area contributed by atoms with Crippen molar-refractivity contribution in [2.24, 2.45) is 0 Å². The van der Waals surface area contributed by atoms with Crippen LogP contribution in [0.3, 0.4) is 0 Å². The molecule has 4 N–H and O–H groups in total. The minimum Gasteiger partial charge on any atom is -0.478 e. The van der Waals surface area contributed by atoms with Gasteiger partial charge in [0.1, 0.15) is 11.5 Å². The number of aromatic carboxylic acids is 1. The lowest BCUT2D eigenvalue weighted by molar-refractivity contribution is -0.116. The second-order valence-electron chi connectivity index (χ2n) is 9.42. The van der Waals surface area contributed by atoms with Crippen LogP contribution in [0.4, 0.5) is 15.8 Å². The van der Waals surface area contributed by atoms with Gasteiger partial charge in [-0.05, 0) is 78.7 Å². The summed E-state index contributed by atoms with van der Waals surface area (Å²) < 4.78 is 13.5. The maximum atomic E-state index is 13.5. The molecule has 0 radical (unpaired) electrons. The number of carbonyl (C=O) groups is 4. The molecule has 0 fully saturated rings. The molecule has 44 heavy (non-hydrogen) atoms. The topological polar surface area (TPSA) is 125 Å². The van der Waals surface area contributed by atoms with E-state index in [1.54, 1.807) is 54.6 Å². The number of carboxylic acids is 1. The zero-order chi connectivity index (χ0) is 31.6. The number of rotatable bonds is 11. The van der Waals surface area contributed by atoms with Gasteiger partial charge >= 0.3 is 5.97 Å². The zero-order valence-corrected chi connectivity index (χ0v) is 24.9. The molecule has 0 saturated carbocycles. The number of carbonyl (C=O) groups excluding carboxylic acids is 3. The number of carboxylic acid groups (broad SMARTS) is 1. The summed E-state index contributed by atoms with van der Waals surface area (Å²) in [4.78, 5) is 51.3. The van der Waals surface area contributed by atoms with Crippen molar-refractivity contribution >= 4 is 64.5 Å². The summed E-state index contributed by atoms with van der Waals surface area (Å²) in [6.07, 6.45) is 1.88. The highest BCUT2D eigenvalue weighted by atomic mass is 35.5. The van der Waals surface area contributed by atoms with Crippen LogP contribution in [-0.4, -0.2) is 34.0 Å². The fourth-order valence-corrected chi connectivity index (χ4v) is 5.15. The van der Waals surface area contributed by atoms with Crippen LogP contribution in [0, 0.1) is 5.82 Å². The van der Waals surface area contributed by atoms with Crippen LogP contribution in [0.25, 0.3) is 6.08 Å². The van der Waals surface area contributed by atoms with E-state index >= 15 is 0 Å². The molecule has 0 aliphatic heterocycles. The Hall–Kier alpha value is -4.93. The molecule has 0 aromatic heterocycles. The highest BCUT2D eigenvalue weighted by Crippen LogP contribution is 2.30.